The summed E-state index contributed by atoms with van der Waals surface area (Å²) < 4.78 is 32.1. The number of ether oxygens (including phenoxy) is 1. The number of carbonyl (C=O) groups is 2. The maximum atomic E-state index is 13.3. The Hall–Kier alpha value is -3.00. The van der Waals surface area contributed by atoms with Crippen LogP contribution in [0.2, 0.25) is 0 Å². The minimum atomic E-state index is -1.16. The van der Waals surface area contributed by atoms with Gasteiger partial charge in [0.1, 0.15) is 36.1 Å². The van der Waals surface area contributed by atoms with Crippen molar-refractivity contribution < 1.29 is 33.3 Å². The first kappa shape index (κ1) is 23.3. The average Bonchev–Trinajstić information content (AvgIpc) is 2.64. The van der Waals surface area contributed by atoms with Gasteiger partial charge in [0.15, 0.2) is 0 Å². The monoisotopic (exact) mass is 421 g/mol. The zero-order valence-electron chi connectivity index (χ0n) is 16.8. The van der Waals surface area contributed by atoms with Crippen molar-refractivity contribution in [1.82, 2.24) is 5.32 Å². The summed E-state index contributed by atoms with van der Waals surface area (Å²) >= 11 is 0. The third-order valence-corrected chi connectivity index (χ3v) is 4.37. The highest BCUT2D eigenvalue weighted by Gasteiger charge is 2.26. The van der Waals surface area contributed by atoms with E-state index in [-0.39, 0.29) is 18.9 Å². The molecule has 2 rings (SSSR count). The van der Waals surface area contributed by atoms with Crippen LogP contribution in [0.25, 0.3) is 0 Å². The predicted molar refractivity (Wildman–Crippen MR) is 106 cm³/mol. The molecule has 0 radical (unpaired) electrons. The molecule has 2 aromatic rings. The Labute approximate surface area is 173 Å². The van der Waals surface area contributed by atoms with Gasteiger partial charge in [-0.3, -0.25) is 14.9 Å². The molecule has 0 bridgehead atoms. The Balaban J connectivity index is 2.07. The fourth-order valence-electron chi connectivity index (χ4n) is 3.03. The van der Waals surface area contributed by atoms with Crippen LogP contribution in [0.15, 0.2) is 42.5 Å². The summed E-state index contributed by atoms with van der Waals surface area (Å²) in [5, 5.41) is 21.6. The Morgan fingerprint density at radius 3 is 2.17 bits per heavy atom. The minimum absolute atomic E-state index is 0.0446. The van der Waals surface area contributed by atoms with Gasteiger partial charge in [0, 0.05) is 6.07 Å². The number of aliphatic carboxylic acids is 2. The standard InChI is InChI=1S/C22H25F2NO5/c1-13(2)6-19(21(26)27)25-20(22(28)29)10-14-4-3-5-18(9-14)30-12-15-7-16(23)11-17(24)8-15/h3-5,7-9,11,13,19-20,25H,6,10,12H2,1-2H3,(H,26,27)(H,28,29). The van der Waals surface area contributed by atoms with Crippen molar-refractivity contribution in [3.05, 3.63) is 65.2 Å². The molecule has 3 N–H and O–H groups in total. The van der Waals surface area contributed by atoms with Gasteiger partial charge in [0.25, 0.3) is 0 Å². The SMILES string of the molecule is CC(C)CC(NC(Cc1cccc(OCc2cc(F)cc(F)c2)c1)C(=O)O)C(=O)O. The highest BCUT2D eigenvalue weighted by Crippen LogP contribution is 2.18. The summed E-state index contributed by atoms with van der Waals surface area (Å²) in [6, 6.07) is 7.64. The molecular formula is C22H25F2NO5. The van der Waals surface area contributed by atoms with Crippen molar-refractivity contribution in [2.24, 2.45) is 5.92 Å². The molecule has 0 aromatic heterocycles. The number of hydrogen-bond acceptors (Lipinski definition) is 4. The van der Waals surface area contributed by atoms with E-state index in [1.807, 2.05) is 13.8 Å². The fourth-order valence-corrected chi connectivity index (χ4v) is 3.03. The molecule has 2 atom stereocenters. The van der Waals surface area contributed by atoms with Crippen LogP contribution in [0.3, 0.4) is 0 Å². The first-order valence-electron chi connectivity index (χ1n) is 9.52. The Morgan fingerprint density at radius 2 is 1.60 bits per heavy atom. The van der Waals surface area contributed by atoms with Crippen LogP contribution >= 0.6 is 0 Å². The van der Waals surface area contributed by atoms with Gasteiger partial charge in [0.05, 0.1) is 0 Å². The lowest BCUT2D eigenvalue weighted by Crippen LogP contribution is -2.48. The minimum Gasteiger partial charge on any atom is -0.489 e. The molecule has 2 unspecified atom stereocenters. The van der Waals surface area contributed by atoms with Crippen molar-refractivity contribution in [3.8, 4) is 5.75 Å². The molecule has 30 heavy (non-hydrogen) atoms. The molecule has 6 nitrogen and oxygen atoms in total. The maximum Gasteiger partial charge on any atom is 0.321 e. The van der Waals surface area contributed by atoms with Crippen molar-refractivity contribution in [1.29, 1.82) is 0 Å². The molecule has 2 aromatic carbocycles. The van der Waals surface area contributed by atoms with Crippen LogP contribution in [-0.4, -0.2) is 34.2 Å². The molecule has 162 valence electrons. The fraction of sp³-hybridized carbons (Fsp3) is 0.364. The summed E-state index contributed by atoms with van der Waals surface area (Å²) in [5.74, 6) is -3.18. The lowest BCUT2D eigenvalue weighted by molar-refractivity contribution is -0.142. The Morgan fingerprint density at radius 1 is 0.967 bits per heavy atom. The second-order valence-corrected chi connectivity index (χ2v) is 7.50. The third kappa shape index (κ3) is 7.44. The summed E-state index contributed by atoms with van der Waals surface area (Å²) in [4.78, 5) is 23.1. The quantitative estimate of drug-likeness (QED) is 0.513. The van der Waals surface area contributed by atoms with E-state index in [1.54, 1.807) is 24.3 Å². The summed E-state index contributed by atoms with van der Waals surface area (Å²) in [6.45, 7) is 3.66. The van der Waals surface area contributed by atoms with Gasteiger partial charge < -0.3 is 14.9 Å². The zero-order valence-corrected chi connectivity index (χ0v) is 16.8. The van der Waals surface area contributed by atoms with E-state index in [2.05, 4.69) is 5.32 Å². The van der Waals surface area contributed by atoms with Gasteiger partial charge in [-0.05, 0) is 54.2 Å². The summed E-state index contributed by atoms with van der Waals surface area (Å²) in [6.07, 6.45) is 0.343. The average molecular weight is 421 g/mol. The Kier molecular flexibility index (Phi) is 8.29. The van der Waals surface area contributed by atoms with E-state index < -0.39 is 35.7 Å². The van der Waals surface area contributed by atoms with Crippen LogP contribution in [0.1, 0.15) is 31.4 Å². The topological polar surface area (TPSA) is 95.9 Å². The lowest BCUT2D eigenvalue weighted by atomic mass is 10.0. The van der Waals surface area contributed by atoms with Gasteiger partial charge in [-0.1, -0.05) is 26.0 Å². The van der Waals surface area contributed by atoms with Gasteiger partial charge in [-0.2, -0.15) is 0 Å². The normalized spacial score (nSPS) is 13.1. The van der Waals surface area contributed by atoms with Gasteiger partial charge in [0.2, 0.25) is 0 Å². The number of carboxylic acid groups (broad SMARTS) is 2. The Bertz CT molecular complexity index is 867. The molecule has 0 saturated heterocycles. The van der Waals surface area contributed by atoms with Crippen LogP contribution < -0.4 is 10.1 Å². The van der Waals surface area contributed by atoms with E-state index in [9.17, 15) is 28.6 Å². The molecule has 0 aliphatic rings. The first-order chi connectivity index (χ1) is 14.1. The van der Waals surface area contributed by atoms with E-state index in [0.717, 1.165) is 18.2 Å². The smallest absolute Gasteiger partial charge is 0.321 e. The number of carboxylic acids is 2. The predicted octanol–water partition coefficient (Wildman–Crippen LogP) is 3.63. The summed E-state index contributed by atoms with van der Waals surface area (Å²) in [7, 11) is 0. The molecule has 8 heteroatoms. The molecular weight excluding hydrogens is 396 g/mol. The molecule has 0 fully saturated rings. The lowest BCUT2D eigenvalue weighted by Gasteiger charge is -2.22. The molecule has 0 amide bonds. The molecule has 0 aliphatic carbocycles. The van der Waals surface area contributed by atoms with Crippen LogP contribution in [0.5, 0.6) is 5.75 Å². The number of nitrogens with one attached hydrogen (secondary N) is 1. The molecule has 0 aliphatic heterocycles. The summed E-state index contributed by atoms with van der Waals surface area (Å²) in [5.41, 5.74) is 0.937. The van der Waals surface area contributed by atoms with Crippen LogP contribution in [0, 0.1) is 17.6 Å². The molecule has 0 spiro atoms. The van der Waals surface area contributed by atoms with E-state index in [0.29, 0.717) is 23.3 Å². The van der Waals surface area contributed by atoms with E-state index >= 15 is 0 Å². The zero-order chi connectivity index (χ0) is 22.3. The highest BCUT2D eigenvalue weighted by atomic mass is 19.1. The number of benzene rings is 2. The maximum absolute atomic E-state index is 13.3. The number of halogens is 2. The number of rotatable bonds is 11. The second kappa shape index (κ2) is 10.7. The highest BCUT2D eigenvalue weighted by molar-refractivity contribution is 5.77. The molecule has 0 saturated carbocycles. The largest absolute Gasteiger partial charge is 0.489 e. The number of hydrogen-bond donors (Lipinski definition) is 3. The first-order valence-corrected chi connectivity index (χ1v) is 9.52. The van der Waals surface area contributed by atoms with Gasteiger partial charge in [-0.25, -0.2) is 8.78 Å². The molecule has 0 heterocycles. The van der Waals surface area contributed by atoms with Crippen molar-refractivity contribution in [2.45, 2.75) is 45.4 Å². The third-order valence-electron chi connectivity index (χ3n) is 4.37. The van der Waals surface area contributed by atoms with Crippen LogP contribution in [0.4, 0.5) is 8.78 Å². The van der Waals surface area contributed by atoms with Crippen LogP contribution in [-0.2, 0) is 22.6 Å². The van der Waals surface area contributed by atoms with Gasteiger partial charge >= 0.3 is 11.9 Å². The van der Waals surface area contributed by atoms with Gasteiger partial charge in [-0.15, -0.1) is 0 Å². The van der Waals surface area contributed by atoms with Crippen molar-refractivity contribution in [2.75, 3.05) is 0 Å². The van der Waals surface area contributed by atoms with E-state index in [1.165, 1.54) is 0 Å². The second-order valence-electron chi connectivity index (χ2n) is 7.50. The van der Waals surface area contributed by atoms with Crippen molar-refractivity contribution >= 4 is 11.9 Å². The van der Waals surface area contributed by atoms with Crippen molar-refractivity contribution in [3.63, 3.8) is 0 Å². The van der Waals surface area contributed by atoms with E-state index in [4.69, 9.17) is 4.74 Å².